The van der Waals surface area contributed by atoms with Gasteiger partial charge in [0.2, 0.25) is 0 Å². The summed E-state index contributed by atoms with van der Waals surface area (Å²) in [5.41, 5.74) is 12.5. The molecule has 0 radical (unpaired) electrons. The smallest absolute Gasteiger partial charge is 0.114 e. The van der Waals surface area contributed by atoms with Crippen molar-refractivity contribution in [3.63, 3.8) is 0 Å². The minimum atomic E-state index is 0.760. The molecule has 1 heterocycles. The second kappa shape index (κ2) is 5.24. The van der Waals surface area contributed by atoms with Crippen molar-refractivity contribution in [3.05, 3.63) is 53.3 Å². The summed E-state index contributed by atoms with van der Waals surface area (Å²) >= 11 is 0. The zero-order valence-electron chi connectivity index (χ0n) is 12.9. The van der Waals surface area contributed by atoms with Crippen molar-refractivity contribution in [2.45, 2.75) is 33.6 Å². The Bertz CT molecular complexity index is 800. The number of hydrogen-bond acceptors (Lipinski definition) is 2. The zero-order valence-corrected chi connectivity index (χ0v) is 12.9. The van der Waals surface area contributed by atoms with E-state index in [1.165, 1.54) is 16.8 Å². The first kappa shape index (κ1) is 13.7. The number of anilines is 1. The summed E-state index contributed by atoms with van der Waals surface area (Å²) < 4.78 is 2.28. The Morgan fingerprint density at radius 2 is 1.90 bits per heavy atom. The van der Waals surface area contributed by atoms with E-state index in [0.717, 1.165) is 35.4 Å². The van der Waals surface area contributed by atoms with Gasteiger partial charge in [0, 0.05) is 12.1 Å². The molecule has 2 N–H and O–H groups in total. The number of benzene rings is 2. The van der Waals surface area contributed by atoms with Crippen molar-refractivity contribution < 1.29 is 0 Å². The highest BCUT2D eigenvalue weighted by atomic mass is 15.1. The normalized spacial score (nSPS) is 11.2. The average molecular weight is 279 g/mol. The maximum atomic E-state index is 5.90. The number of fused-ring (bicyclic) bond motifs is 1. The fourth-order valence-electron chi connectivity index (χ4n) is 2.77. The highest BCUT2D eigenvalue weighted by Gasteiger charge is 2.13. The van der Waals surface area contributed by atoms with Crippen LogP contribution < -0.4 is 5.73 Å². The number of nitrogens with zero attached hydrogens (tertiary/aromatic N) is 2. The summed E-state index contributed by atoms with van der Waals surface area (Å²) in [7, 11) is 0. The van der Waals surface area contributed by atoms with Crippen molar-refractivity contribution in [1.29, 1.82) is 0 Å². The summed E-state index contributed by atoms with van der Waals surface area (Å²) in [6.07, 6.45) is 2.03. The predicted octanol–water partition coefficient (Wildman–Crippen LogP) is 4.18. The predicted molar refractivity (Wildman–Crippen MR) is 89.0 cm³/mol. The van der Waals surface area contributed by atoms with Gasteiger partial charge in [0.15, 0.2) is 0 Å². The molecule has 0 aliphatic carbocycles. The van der Waals surface area contributed by atoms with Crippen LogP contribution in [0.25, 0.3) is 16.7 Å². The molecule has 3 rings (SSSR count). The molecule has 0 atom stereocenters. The highest BCUT2D eigenvalue weighted by molar-refractivity contribution is 5.81. The topological polar surface area (TPSA) is 43.8 Å². The maximum Gasteiger partial charge on any atom is 0.114 e. The standard InChI is InChI=1S/C18H21N3/c1-4-5-18-20-15-11-14(19)8-9-16(15)21(18)17-10-12(2)6-7-13(17)3/h6-11H,4-5,19H2,1-3H3. The van der Waals surface area contributed by atoms with Crippen LogP contribution in [0.15, 0.2) is 36.4 Å². The SMILES string of the molecule is CCCc1nc2cc(N)ccc2n1-c1cc(C)ccc1C. The molecule has 0 aliphatic heterocycles. The Morgan fingerprint density at radius 3 is 2.67 bits per heavy atom. The fraction of sp³-hybridized carbons (Fsp3) is 0.278. The van der Waals surface area contributed by atoms with Crippen LogP contribution in [0.3, 0.4) is 0 Å². The van der Waals surface area contributed by atoms with E-state index in [9.17, 15) is 0 Å². The van der Waals surface area contributed by atoms with Crippen molar-refractivity contribution >= 4 is 16.7 Å². The molecular formula is C18H21N3. The monoisotopic (exact) mass is 279 g/mol. The van der Waals surface area contributed by atoms with Gasteiger partial charge in [0.1, 0.15) is 5.82 Å². The minimum absolute atomic E-state index is 0.760. The number of nitrogens with two attached hydrogens (primary N) is 1. The Balaban J connectivity index is 2.33. The first-order valence-corrected chi connectivity index (χ1v) is 7.44. The van der Waals surface area contributed by atoms with Crippen molar-refractivity contribution in [3.8, 4) is 5.69 Å². The number of rotatable bonds is 3. The van der Waals surface area contributed by atoms with Gasteiger partial charge in [-0.1, -0.05) is 19.1 Å². The number of hydrogen-bond donors (Lipinski definition) is 1. The van der Waals surface area contributed by atoms with E-state index in [2.05, 4.69) is 49.6 Å². The van der Waals surface area contributed by atoms with Crippen LogP contribution in [0.4, 0.5) is 5.69 Å². The van der Waals surface area contributed by atoms with Gasteiger partial charge < -0.3 is 5.73 Å². The Labute approximate surface area is 125 Å². The summed E-state index contributed by atoms with van der Waals surface area (Å²) in [4.78, 5) is 4.79. The lowest BCUT2D eigenvalue weighted by molar-refractivity contribution is 0.816. The minimum Gasteiger partial charge on any atom is -0.399 e. The molecule has 21 heavy (non-hydrogen) atoms. The molecule has 0 amide bonds. The molecule has 3 nitrogen and oxygen atoms in total. The molecule has 0 saturated heterocycles. The average Bonchev–Trinajstić information content (AvgIpc) is 2.79. The molecule has 3 heteroatoms. The number of imidazole rings is 1. The molecule has 3 aromatic rings. The second-order valence-corrected chi connectivity index (χ2v) is 5.65. The summed E-state index contributed by atoms with van der Waals surface area (Å²) in [5, 5.41) is 0. The highest BCUT2D eigenvalue weighted by Crippen LogP contribution is 2.26. The van der Waals surface area contributed by atoms with Gasteiger partial charge in [0.05, 0.1) is 16.7 Å². The fourth-order valence-corrected chi connectivity index (χ4v) is 2.77. The lowest BCUT2D eigenvalue weighted by Gasteiger charge is -2.13. The largest absolute Gasteiger partial charge is 0.399 e. The Morgan fingerprint density at radius 1 is 1.10 bits per heavy atom. The molecule has 0 fully saturated rings. The number of aromatic nitrogens is 2. The van der Waals surface area contributed by atoms with Crippen LogP contribution in [-0.4, -0.2) is 9.55 Å². The number of aryl methyl sites for hydroxylation is 3. The van der Waals surface area contributed by atoms with E-state index in [1.807, 2.05) is 12.1 Å². The number of nitrogen functional groups attached to an aromatic ring is 1. The van der Waals surface area contributed by atoms with E-state index in [0.29, 0.717) is 0 Å². The Hall–Kier alpha value is -2.29. The van der Waals surface area contributed by atoms with Crippen LogP contribution in [0.1, 0.15) is 30.3 Å². The molecule has 0 spiro atoms. The van der Waals surface area contributed by atoms with Crippen LogP contribution in [0.5, 0.6) is 0 Å². The van der Waals surface area contributed by atoms with Gasteiger partial charge in [-0.3, -0.25) is 4.57 Å². The first-order chi connectivity index (χ1) is 10.1. The molecule has 108 valence electrons. The molecule has 0 bridgehead atoms. The third-order valence-electron chi connectivity index (χ3n) is 3.83. The Kier molecular flexibility index (Phi) is 3.42. The molecule has 2 aromatic carbocycles. The van der Waals surface area contributed by atoms with Crippen LogP contribution in [0.2, 0.25) is 0 Å². The maximum absolute atomic E-state index is 5.90. The molecule has 1 aromatic heterocycles. The summed E-state index contributed by atoms with van der Waals surface area (Å²) in [6, 6.07) is 12.5. The van der Waals surface area contributed by atoms with E-state index in [-0.39, 0.29) is 0 Å². The van der Waals surface area contributed by atoms with Gasteiger partial charge in [-0.2, -0.15) is 0 Å². The van der Waals surface area contributed by atoms with Gasteiger partial charge in [-0.25, -0.2) is 4.98 Å². The van der Waals surface area contributed by atoms with Crippen molar-refractivity contribution in [1.82, 2.24) is 9.55 Å². The second-order valence-electron chi connectivity index (χ2n) is 5.65. The molecule has 0 saturated carbocycles. The summed E-state index contributed by atoms with van der Waals surface area (Å²) in [5.74, 6) is 1.10. The van der Waals surface area contributed by atoms with E-state index in [4.69, 9.17) is 10.7 Å². The third-order valence-corrected chi connectivity index (χ3v) is 3.83. The molecule has 0 unspecified atom stereocenters. The van der Waals surface area contributed by atoms with E-state index < -0.39 is 0 Å². The van der Waals surface area contributed by atoms with Gasteiger partial charge in [-0.15, -0.1) is 0 Å². The van der Waals surface area contributed by atoms with E-state index >= 15 is 0 Å². The van der Waals surface area contributed by atoms with Crippen molar-refractivity contribution in [2.75, 3.05) is 5.73 Å². The van der Waals surface area contributed by atoms with E-state index in [1.54, 1.807) is 0 Å². The lowest BCUT2D eigenvalue weighted by atomic mass is 10.1. The quantitative estimate of drug-likeness (QED) is 0.731. The van der Waals surface area contributed by atoms with Gasteiger partial charge in [0.25, 0.3) is 0 Å². The van der Waals surface area contributed by atoms with Crippen LogP contribution >= 0.6 is 0 Å². The van der Waals surface area contributed by atoms with Crippen LogP contribution in [-0.2, 0) is 6.42 Å². The summed E-state index contributed by atoms with van der Waals surface area (Å²) in [6.45, 7) is 6.45. The molecular weight excluding hydrogens is 258 g/mol. The first-order valence-electron chi connectivity index (χ1n) is 7.44. The van der Waals surface area contributed by atoms with Crippen LogP contribution in [0, 0.1) is 13.8 Å². The van der Waals surface area contributed by atoms with Gasteiger partial charge in [-0.05, 0) is 55.7 Å². The zero-order chi connectivity index (χ0) is 15.0. The van der Waals surface area contributed by atoms with Crippen molar-refractivity contribution in [2.24, 2.45) is 0 Å². The molecule has 0 aliphatic rings. The van der Waals surface area contributed by atoms with Gasteiger partial charge >= 0.3 is 0 Å². The lowest BCUT2D eigenvalue weighted by Crippen LogP contribution is -2.03. The third kappa shape index (κ3) is 2.40.